The molecule has 0 saturated heterocycles. The minimum absolute atomic E-state index is 0.0877. The first-order valence-electron chi connectivity index (χ1n) is 5.95. The second-order valence-corrected chi connectivity index (χ2v) is 5.46. The molecule has 0 heterocycles. The summed E-state index contributed by atoms with van der Waals surface area (Å²) >= 11 is 7.66. The van der Waals surface area contributed by atoms with Gasteiger partial charge in [0.05, 0.1) is 9.95 Å². The second-order valence-electron chi connectivity index (χ2n) is 4.04. The summed E-state index contributed by atoms with van der Waals surface area (Å²) in [7, 11) is 1.69. The highest BCUT2D eigenvalue weighted by Gasteiger charge is 2.16. The number of thioether (sulfide) groups is 1. The maximum Gasteiger partial charge on any atom is 0.292 e. The smallest absolute Gasteiger partial charge is 0.292 e. The predicted molar refractivity (Wildman–Crippen MR) is 83.7 cm³/mol. The molecule has 0 radical (unpaired) electrons. The highest BCUT2D eigenvalue weighted by Crippen LogP contribution is 2.34. The van der Waals surface area contributed by atoms with Gasteiger partial charge < -0.3 is 5.32 Å². The summed E-state index contributed by atoms with van der Waals surface area (Å²) < 4.78 is 0. The van der Waals surface area contributed by atoms with Crippen LogP contribution in [0.15, 0.2) is 47.4 Å². The molecule has 0 aliphatic rings. The number of nitrogens with one attached hydrogen (secondary N) is 1. The van der Waals surface area contributed by atoms with Crippen LogP contribution in [0.5, 0.6) is 0 Å². The Morgan fingerprint density at radius 3 is 2.65 bits per heavy atom. The highest BCUT2D eigenvalue weighted by atomic mass is 35.5. The molecule has 1 N–H and O–H groups in total. The number of hydrogen-bond donors (Lipinski definition) is 1. The third-order valence-corrected chi connectivity index (χ3v) is 4.36. The summed E-state index contributed by atoms with van der Waals surface area (Å²) in [6, 6.07) is 12.6. The van der Waals surface area contributed by atoms with Crippen LogP contribution in [-0.2, 0) is 5.75 Å². The van der Waals surface area contributed by atoms with Crippen molar-refractivity contribution in [1.29, 1.82) is 0 Å². The summed E-state index contributed by atoms with van der Waals surface area (Å²) in [6.45, 7) is 0. The SMILES string of the molecule is CNc1c(CSc2ccccc2Cl)cccc1[N+](=O)[O-]. The Bertz CT molecular complexity index is 634. The average Bonchev–Trinajstić information content (AvgIpc) is 2.45. The van der Waals surface area contributed by atoms with Crippen molar-refractivity contribution in [3.05, 3.63) is 63.2 Å². The molecular weight excluding hydrogens is 296 g/mol. The average molecular weight is 309 g/mol. The molecule has 0 saturated carbocycles. The number of halogens is 1. The zero-order chi connectivity index (χ0) is 14.5. The first-order chi connectivity index (χ1) is 9.63. The van der Waals surface area contributed by atoms with E-state index in [0.29, 0.717) is 16.5 Å². The lowest BCUT2D eigenvalue weighted by Crippen LogP contribution is -2.00. The molecule has 4 nitrogen and oxygen atoms in total. The van der Waals surface area contributed by atoms with E-state index in [1.807, 2.05) is 30.3 Å². The topological polar surface area (TPSA) is 55.2 Å². The number of benzene rings is 2. The van der Waals surface area contributed by atoms with Crippen molar-refractivity contribution < 1.29 is 4.92 Å². The van der Waals surface area contributed by atoms with E-state index in [9.17, 15) is 10.1 Å². The zero-order valence-corrected chi connectivity index (χ0v) is 12.4. The normalized spacial score (nSPS) is 10.3. The molecule has 6 heteroatoms. The predicted octanol–water partition coefficient (Wildman–Crippen LogP) is 4.58. The number of nitro benzene ring substituents is 1. The third-order valence-electron chi connectivity index (χ3n) is 2.80. The van der Waals surface area contributed by atoms with E-state index >= 15 is 0 Å². The van der Waals surface area contributed by atoms with E-state index in [2.05, 4.69) is 5.32 Å². The Labute approximate surface area is 126 Å². The van der Waals surface area contributed by atoms with Crippen molar-refractivity contribution in [2.75, 3.05) is 12.4 Å². The van der Waals surface area contributed by atoms with Crippen LogP contribution in [0.1, 0.15) is 5.56 Å². The van der Waals surface area contributed by atoms with Gasteiger partial charge in [-0.1, -0.05) is 35.9 Å². The van der Waals surface area contributed by atoms with Gasteiger partial charge in [0.1, 0.15) is 5.69 Å². The summed E-state index contributed by atoms with van der Waals surface area (Å²) in [5.74, 6) is 0.613. The molecule has 0 atom stereocenters. The first-order valence-corrected chi connectivity index (χ1v) is 7.31. The van der Waals surface area contributed by atoms with Crippen molar-refractivity contribution in [2.45, 2.75) is 10.6 Å². The van der Waals surface area contributed by atoms with Crippen molar-refractivity contribution in [2.24, 2.45) is 0 Å². The molecular formula is C14H13ClN2O2S. The second kappa shape index (κ2) is 6.63. The van der Waals surface area contributed by atoms with E-state index in [1.54, 1.807) is 24.9 Å². The third kappa shape index (κ3) is 3.23. The molecule has 2 aromatic rings. The number of anilines is 1. The van der Waals surface area contributed by atoms with Gasteiger partial charge in [0.25, 0.3) is 5.69 Å². The summed E-state index contributed by atoms with van der Waals surface area (Å²) in [4.78, 5) is 11.6. The lowest BCUT2D eigenvalue weighted by molar-refractivity contribution is -0.384. The van der Waals surface area contributed by atoms with Crippen molar-refractivity contribution in [1.82, 2.24) is 0 Å². The number of nitro groups is 1. The first kappa shape index (κ1) is 14.7. The molecule has 20 heavy (non-hydrogen) atoms. The van der Waals surface area contributed by atoms with E-state index in [1.165, 1.54) is 6.07 Å². The molecule has 0 aliphatic carbocycles. The molecule has 0 aromatic heterocycles. The van der Waals surface area contributed by atoms with Crippen LogP contribution in [0.2, 0.25) is 5.02 Å². The van der Waals surface area contributed by atoms with E-state index < -0.39 is 0 Å². The molecule has 0 spiro atoms. The zero-order valence-electron chi connectivity index (χ0n) is 10.8. The molecule has 104 valence electrons. The molecule has 0 bridgehead atoms. The van der Waals surface area contributed by atoms with Gasteiger partial charge in [0.15, 0.2) is 0 Å². The Kier molecular flexibility index (Phi) is 4.87. The van der Waals surface area contributed by atoms with Gasteiger partial charge in [0, 0.05) is 23.8 Å². The highest BCUT2D eigenvalue weighted by molar-refractivity contribution is 7.98. The van der Waals surface area contributed by atoms with Gasteiger partial charge in [-0.3, -0.25) is 10.1 Å². The van der Waals surface area contributed by atoms with Crippen molar-refractivity contribution in [3.8, 4) is 0 Å². The Hall–Kier alpha value is -1.72. The van der Waals surface area contributed by atoms with Crippen LogP contribution in [0, 0.1) is 10.1 Å². The number of hydrogen-bond acceptors (Lipinski definition) is 4. The number of para-hydroxylation sites is 1. The summed E-state index contributed by atoms with van der Waals surface area (Å²) in [6.07, 6.45) is 0. The van der Waals surface area contributed by atoms with Crippen molar-refractivity contribution in [3.63, 3.8) is 0 Å². The van der Waals surface area contributed by atoms with Crippen LogP contribution in [0.4, 0.5) is 11.4 Å². The largest absolute Gasteiger partial charge is 0.382 e. The Morgan fingerprint density at radius 2 is 2.00 bits per heavy atom. The monoisotopic (exact) mass is 308 g/mol. The van der Waals surface area contributed by atoms with Crippen LogP contribution in [0.25, 0.3) is 0 Å². The standard InChI is InChI=1S/C14H13ClN2O2S/c1-16-14-10(5-4-7-12(14)17(18)19)9-20-13-8-3-2-6-11(13)15/h2-8,16H,9H2,1H3. The fourth-order valence-corrected chi connectivity index (χ4v) is 3.10. The minimum Gasteiger partial charge on any atom is -0.382 e. The van der Waals surface area contributed by atoms with Crippen LogP contribution in [-0.4, -0.2) is 12.0 Å². The van der Waals surface area contributed by atoms with E-state index in [0.717, 1.165) is 10.5 Å². The maximum absolute atomic E-state index is 11.0. The molecule has 0 fully saturated rings. The van der Waals surface area contributed by atoms with Gasteiger partial charge in [0.2, 0.25) is 0 Å². The lowest BCUT2D eigenvalue weighted by atomic mass is 10.1. The van der Waals surface area contributed by atoms with Crippen LogP contribution >= 0.6 is 23.4 Å². The van der Waals surface area contributed by atoms with Gasteiger partial charge in [-0.15, -0.1) is 11.8 Å². The fourth-order valence-electron chi connectivity index (χ4n) is 1.86. The number of rotatable bonds is 5. The Morgan fingerprint density at radius 1 is 1.25 bits per heavy atom. The minimum atomic E-state index is -0.379. The lowest BCUT2D eigenvalue weighted by Gasteiger charge is -2.09. The van der Waals surface area contributed by atoms with Gasteiger partial charge in [-0.05, 0) is 17.7 Å². The van der Waals surface area contributed by atoms with E-state index in [-0.39, 0.29) is 10.6 Å². The van der Waals surface area contributed by atoms with E-state index in [4.69, 9.17) is 11.6 Å². The molecule has 0 unspecified atom stereocenters. The molecule has 2 rings (SSSR count). The van der Waals surface area contributed by atoms with Gasteiger partial charge in [-0.25, -0.2) is 0 Å². The van der Waals surface area contributed by atoms with Crippen molar-refractivity contribution >= 4 is 34.7 Å². The molecule has 2 aromatic carbocycles. The Balaban J connectivity index is 2.24. The van der Waals surface area contributed by atoms with Crippen LogP contribution in [0.3, 0.4) is 0 Å². The van der Waals surface area contributed by atoms with Crippen LogP contribution < -0.4 is 5.32 Å². The molecule has 0 aliphatic heterocycles. The summed E-state index contributed by atoms with van der Waals surface area (Å²) in [5.41, 5.74) is 1.52. The fraction of sp³-hybridized carbons (Fsp3) is 0.143. The summed E-state index contributed by atoms with van der Waals surface area (Å²) in [5, 5.41) is 14.6. The molecule has 0 amide bonds. The van der Waals surface area contributed by atoms with Gasteiger partial charge >= 0.3 is 0 Å². The van der Waals surface area contributed by atoms with Gasteiger partial charge in [-0.2, -0.15) is 0 Å². The quantitative estimate of drug-likeness (QED) is 0.499. The number of nitrogens with zero attached hydrogens (tertiary/aromatic N) is 1. The maximum atomic E-state index is 11.0.